The van der Waals surface area contributed by atoms with Crippen LogP contribution in [0.15, 0.2) is 133 Å². The number of fused-ring (bicyclic) bond motifs is 1. The molecule has 1 nitrogen and oxygen atoms in total. The second-order valence-electron chi connectivity index (χ2n) is 9.81. The molecule has 0 spiro atoms. The molecular weight excluding hydrogens is 573 g/mol. The van der Waals surface area contributed by atoms with Crippen LogP contribution in [0.4, 0.5) is 17.1 Å². The molecule has 0 aliphatic heterocycles. The van der Waals surface area contributed by atoms with E-state index < -0.39 is 0 Å². The first kappa shape index (κ1) is 24.4. The SMILES string of the molecule is Cc1ccc(N(c2ccc(C)cc2)c2cccc(-c3ccc(-c4cccc5ccc(I)cc45)cc3)c2)cc1. The molecular formula is C36H28IN. The van der Waals surface area contributed by atoms with Crippen LogP contribution in [-0.2, 0) is 0 Å². The van der Waals surface area contributed by atoms with Gasteiger partial charge in [-0.2, -0.15) is 0 Å². The Morgan fingerprint density at radius 2 is 1.08 bits per heavy atom. The summed E-state index contributed by atoms with van der Waals surface area (Å²) in [7, 11) is 0. The van der Waals surface area contributed by atoms with Crippen LogP contribution in [0.2, 0.25) is 0 Å². The van der Waals surface area contributed by atoms with E-state index in [0.717, 1.165) is 17.1 Å². The smallest absolute Gasteiger partial charge is 0.0467 e. The number of hydrogen-bond acceptors (Lipinski definition) is 1. The molecule has 0 aromatic heterocycles. The monoisotopic (exact) mass is 601 g/mol. The van der Waals surface area contributed by atoms with E-state index in [1.165, 1.54) is 47.7 Å². The third-order valence-corrected chi connectivity index (χ3v) is 7.73. The van der Waals surface area contributed by atoms with Gasteiger partial charge in [0.15, 0.2) is 0 Å². The van der Waals surface area contributed by atoms with Gasteiger partial charge < -0.3 is 4.90 Å². The van der Waals surface area contributed by atoms with Gasteiger partial charge in [0.1, 0.15) is 0 Å². The van der Waals surface area contributed by atoms with E-state index in [-0.39, 0.29) is 0 Å². The highest BCUT2D eigenvalue weighted by Crippen LogP contribution is 2.37. The minimum absolute atomic E-state index is 1.14. The van der Waals surface area contributed by atoms with Gasteiger partial charge in [0, 0.05) is 20.6 Å². The van der Waals surface area contributed by atoms with Crippen LogP contribution < -0.4 is 4.90 Å². The number of hydrogen-bond donors (Lipinski definition) is 0. The van der Waals surface area contributed by atoms with Crippen molar-refractivity contribution in [3.63, 3.8) is 0 Å². The number of anilines is 3. The summed E-state index contributed by atoms with van der Waals surface area (Å²) in [6.45, 7) is 4.26. The lowest BCUT2D eigenvalue weighted by molar-refractivity contribution is 1.27. The van der Waals surface area contributed by atoms with Gasteiger partial charge >= 0.3 is 0 Å². The molecule has 0 amide bonds. The average molecular weight is 602 g/mol. The van der Waals surface area contributed by atoms with E-state index in [1.54, 1.807) is 0 Å². The van der Waals surface area contributed by atoms with Crippen LogP contribution in [0.3, 0.4) is 0 Å². The Kier molecular flexibility index (Phi) is 6.73. The molecule has 184 valence electrons. The van der Waals surface area contributed by atoms with Crippen molar-refractivity contribution < 1.29 is 0 Å². The molecule has 6 rings (SSSR count). The second kappa shape index (κ2) is 10.5. The minimum Gasteiger partial charge on any atom is -0.310 e. The highest BCUT2D eigenvalue weighted by atomic mass is 127. The van der Waals surface area contributed by atoms with Crippen LogP contribution in [-0.4, -0.2) is 0 Å². The number of aryl methyl sites for hydroxylation is 2. The molecule has 0 N–H and O–H groups in total. The van der Waals surface area contributed by atoms with Crippen molar-refractivity contribution in [1.29, 1.82) is 0 Å². The van der Waals surface area contributed by atoms with E-state index in [0.29, 0.717) is 0 Å². The van der Waals surface area contributed by atoms with Gasteiger partial charge in [-0.05, 0) is 118 Å². The zero-order valence-electron chi connectivity index (χ0n) is 21.5. The highest BCUT2D eigenvalue weighted by molar-refractivity contribution is 14.1. The van der Waals surface area contributed by atoms with Crippen molar-refractivity contribution in [2.45, 2.75) is 13.8 Å². The average Bonchev–Trinajstić information content (AvgIpc) is 2.95. The fraction of sp³-hybridized carbons (Fsp3) is 0.0556. The first-order valence-corrected chi connectivity index (χ1v) is 14.0. The molecule has 0 unspecified atom stereocenters. The Morgan fingerprint density at radius 3 is 1.74 bits per heavy atom. The van der Waals surface area contributed by atoms with Crippen molar-refractivity contribution in [3.8, 4) is 22.3 Å². The summed E-state index contributed by atoms with van der Waals surface area (Å²) in [4.78, 5) is 2.33. The van der Waals surface area contributed by atoms with Crippen LogP contribution in [0, 0.1) is 17.4 Å². The lowest BCUT2D eigenvalue weighted by atomic mass is 9.96. The fourth-order valence-electron chi connectivity index (χ4n) is 5.00. The largest absolute Gasteiger partial charge is 0.310 e. The summed E-state index contributed by atoms with van der Waals surface area (Å²) >= 11 is 2.39. The van der Waals surface area contributed by atoms with Gasteiger partial charge in [0.2, 0.25) is 0 Å². The third kappa shape index (κ3) is 4.97. The maximum absolute atomic E-state index is 2.39. The number of nitrogens with zero attached hydrogens (tertiary/aromatic N) is 1. The molecule has 0 fully saturated rings. The first-order valence-electron chi connectivity index (χ1n) is 12.9. The van der Waals surface area contributed by atoms with Gasteiger partial charge in [0.05, 0.1) is 0 Å². The summed E-state index contributed by atoms with van der Waals surface area (Å²) in [5, 5.41) is 2.56. The molecule has 0 aliphatic carbocycles. The van der Waals surface area contributed by atoms with Crippen LogP contribution in [0.25, 0.3) is 33.0 Å². The standard InChI is InChI=1S/C36H28IN/c1-25-9-19-32(20-10-25)38(33-21-11-26(2)12-22-33)34-7-3-6-30(23-34)27-13-15-29(16-14-27)35-8-4-5-28-17-18-31(37)24-36(28)35/h3-24H,1-2H3. The second-order valence-corrected chi connectivity index (χ2v) is 11.1. The normalized spacial score (nSPS) is 11.0. The molecule has 6 aromatic carbocycles. The van der Waals surface area contributed by atoms with Crippen molar-refractivity contribution in [2.75, 3.05) is 4.90 Å². The Morgan fingerprint density at radius 1 is 0.474 bits per heavy atom. The van der Waals surface area contributed by atoms with E-state index >= 15 is 0 Å². The predicted octanol–water partition coefficient (Wildman–Crippen LogP) is 10.9. The molecule has 38 heavy (non-hydrogen) atoms. The van der Waals surface area contributed by atoms with Gasteiger partial charge in [-0.25, -0.2) is 0 Å². The Bertz CT molecular complexity index is 1670. The Balaban J connectivity index is 1.38. The Labute approximate surface area is 238 Å². The Hall–Kier alpha value is -3.89. The summed E-state index contributed by atoms with van der Waals surface area (Å²) < 4.78 is 1.25. The van der Waals surface area contributed by atoms with E-state index in [9.17, 15) is 0 Å². The molecule has 0 saturated heterocycles. The van der Waals surface area contributed by atoms with Crippen LogP contribution >= 0.6 is 22.6 Å². The van der Waals surface area contributed by atoms with Crippen molar-refractivity contribution in [1.82, 2.24) is 0 Å². The lowest BCUT2D eigenvalue weighted by Crippen LogP contribution is -2.10. The quantitative estimate of drug-likeness (QED) is 0.178. The molecule has 0 bridgehead atoms. The van der Waals surface area contributed by atoms with Crippen LogP contribution in [0.1, 0.15) is 11.1 Å². The minimum atomic E-state index is 1.14. The van der Waals surface area contributed by atoms with Gasteiger partial charge in [0.25, 0.3) is 0 Å². The maximum Gasteiger partial charge on any atom is 0.0467 e. The summed E-state index contributed by atoms with van der Waals surface area (Å²) in [5.41, 5.74) is 10.9. The summed E-state index contributed by atoms with van der Waals surface area (Å²) in [6.07, 6.45) is 0. The van der Waals surface area contributed by atoms with Crippen LogP contribution in [0.5, 0.6) is 0 Å². The van der Waals surface area contributed by atoms with Crippen molar-refractivity contribution >= 4 is 50.4 Å². The zero-order chi connectivity index (χ0) is 26.1. The summed E-state index contributed by atoms with van der Waals surface area (Å²) in [5.74, 6) is 0. The third-order valence-electron chi connectivity index (χ3n) is 7.06. The fourth-order valence-corrected chi connectivity index (χ4v) is 5.49. The number of benzene rings is 6. The van der Waals surface area contributed by atoms with Gasteiger partial charge in [-0.3, -0.25) is 0 Å². The van der Waals surface area contributed by atoms with E-state index in [1.807, 2.05) is 0 Å². The van der Waals surface area contributed by atoms with Gasteiger partial charge in [-0.1, -0.05) is 96.1 Å². The van der Waals surface area contributed by atoms with Gasteiger partial charge in [-0.15, -0.1) is 0 Å². The molecule has 6 aromatic rings. The molecule has 2 heteroatoms. The molecule has 0 saturated carbocycles. The lowest BCUT2D eigenvalue weighted by Gasteiger charge is -2.26. The zero-order valence-corrected chi connectivity index (χ0v) is 23.7. The molecule has 0 radical (unpaired) electrons. The van der Waals surface area contributed by atoms with Crippen molar-refractivity contribution in [2.24, 2.45) is 0 Å². The van der Waals surface area contributed by atoms with Crippen molar-refractivity contribution in [3.05, 3.63) is 148 Å². The maximum atomic E-state index is 2.39. The molecule has 0 atom stereocenters. The summed E-state index contributed by atoms with van der Waals surface area (Å²) in [6, 6.07) is 48.5. The predicted molar refractivity (Wildman–Crippen MR) is 172 cm³/mol. The van der Waals surface area contributed by atoms with E-state index in [4.69, 9.17) is 0 Å². The highest BCUT2D eigenvalue weighted by Gasteiger charge is 2.13. The number of rotatable bonds is 5. The molecule has 0 heterocycles. The topological polar surface area (TPSA) is 3.24 Å². The van der Waals surface area contributed by atoms with E-state index in [2.05, 4.69) is 175 Å². The molecule has 0 aliphatic rings. The number of halogens is 1. The first-order chi connectivity index (χ1) is 18.5.